The smallest absolute Gasteiger partial charge is 0.229 e. The minimum Gasteiger partial charge on any atom is -0.372 e. The highest BCUT2D eigenvalue weighted by atomic mass is 32.2. The normalized spacial score (nSPS) is 11.2. The van der Waals surface area contributed by atoms with Gasteiger partial charge in [0.25, 0.3) is 0 Å². The second-order valence-corrected chi connectivity index (χ2v) is 7.69. The van der Waals surface area contributed by atoms with Crippen LogP contribution in [0.2, 0.25) is 0 Å². The number of unbranched alkanes of at least 4 members (excludes halogenated alkanes) is 1. The van der Waals surface area contributed by atoms with Gasteiger partial charge in [-0.15, -0.1) is 0 Å². The molecule has 2 aromatic rings. The second kappa shape index (κ2) is 8.73. The van der Waals surface area contributed by atoms with Crippen molar-refractivity contribution in [3.8, 4) is 0 Å². The summed E-state index contributed by atoms with van der Waals surface area (Å²) in [7, 11) is -3.21. The van der Waals surface area contributed by atoms with E-state index in [-0.39, 0.29) is 0 Å². The third kappa shape index (κ3) is 6.24. The zero-order chi connectivity index (χ0) is 17.4. The lowest BCUT2D eigenvalue weighted by Crippen LogP contribution is -2.23. The Morgan fingerprint density at radius 1 is 0.958 bits per heavy atom. The van der Waals surface area contributed by atoms with Crippen molar-refractivity contribution in [2.24, 2.45) is 0 Å². The molecule has 0 saturated heterocycles. The minimum absolute atomic E-state index is 0.613. The van der Waals surface area contributed by atoms with Crippen LogP contribution in [0.4, 0.5) is 11.4 Å². The molecule has 2 aromatic carbocycles. The molecule has 130 valence electrons. The van der Waals surface area contributed by atoms with Gasteiger partial charge in [-0.05, 0) is 56.0 Å². The largest absolute Gasteiger partial charge is 0.372 e. The quantitative estimate of drug-likeness (QED) is 0.701. The Bertz CT molecular complexity index is 713. The van der Waals surface area contributed by atoms with E-state index in [1.807, 2.05) is 30.3 Å². The van der Waals surface area contributed by atoms with Gasteiger partial charge in [-0.3, -0.25) is 4.72 Å². The van der Waals surface area contributed by atoms with Gasteiger partial charge in [0.1, 0.15) is 0 Å². The highest BCUT2D eigenvalue weighted by molar-refractivity contribution is 7.92. The molecule has 24 heavy (non-hydrogen) atoms. The molecule has 0 amide bonds. The molecule has 1 N–H and O–H groups in total. The SMILES string of the molecule is CCN(CCCCc1ccc(NS(C)(=O)=O)cc1)c1ccccc1. The molecule has 2 rings (SSSR count). The zero-order valence-electron chi connectivity index (χ0n) is 14.4. The number of nitrogens with zero attached hydrogens (tertiary/aromatic N) is 1. The average molecular weight is 346 g/mol. The van der Waals surface area contributed by atoms with Gasteiger partial charge >= 0.3 is 0 Å². The highest BCUT2D eigenvalue weighted by Crippen LogP contribution is 2.15. The van der Waals surface area contributed by atoms with Crippen LogP contribution in [-0.2, 0) is 16.4 Å². The molecule has 0 aliphatic rings. The Morgan fingerprint density at radius 2 is 1.62 bits per heavy atom. The molecular weight excluding hydrogens is 320 g/mol. The van der Waals surface area contributed by atoms with Gasteiger partial charge in [0.2, 0.25) is 10.0 Å². The van der Waals surface area contributed by atoms with Crippen LogP contribution < -0.4 is 9.62 Å². The van der Waals surface area contributed by atoms with E-state index in [9.17, 15) is 8.42 Å². The van der Waals surface area contributed by atoms with Crippen molar-refractivity contribution in [1.82, 2.24) is 0 Å². The Kier molecular flexibility index (Phi) is 6.67. The lowest BCUT2D eigenvalue weighted by atomic mass is 10.1. The number of hydrogen-bond donors (Lipinski definition) is 1. The van der Waals surface area contributed by atoms with Gasteiger partial charge in [-0.1, -0.05) is 30.3 Å². The van der Waals surface area contributed by atoms with Crippen LogP contribution in [0.1, 0.15) is 25.3 Å². The lowest BCUT2D eigenvalue weighted by Gasteiger charge is -2.23. The van der Waals surface area contributed by atoms with E-state index in [0.717, 1.165) is 38.6 Å². The van der Waals surface area contributed by atoms with Gasteiger partial charge in [0, 0.05) is 24.5 Å². The third-order valence-corrected chi connectivity index (χ3v) is 4.51. The molecule has 0 aliphatic heterocycles. The van der Waals surface area contributed by atoms with Crippen molar-refractivity contribution in [1.29, 1.82) is 0 Å². The molecule has 0 aromatic heterocycles. The summed E-state index contributed by atoms with van der Waals surface area (Å²) in [6, 6.07) is 18.1. The number of anilines is 2. The summed E-state index contributed by atoms with van der Waals surface area (Å²) in [4.78, 5) is 2.39. The van der Waals surface area contributed by atoms with E-state index in [4.69, 9.17) is 0 Å². The van der Waals surface area contributed by atoms with Crippen molar-refractivity contribution < 1.29 is 8.42 Å². The second-order valence-electron chi connectivity index (χ2n) is 5.94. The summed E-state index contributed by atoms with van der Waals surface area (Å²) in [6.45, 7) is 4.24. The van der Waals surface area contributed by atoms with E-state index >= 15 is 0 Å². The van der Waals surface area contributed by atoms with E-state index < -0.39 is 10.0 Å². The number of hydrogen-bond acceptors (Lipinski definition) is 3. The fraction of sp³-hybridized carbons (Fsp3) is 0.368. The Labute approximate surface area is 145 Å². The van der Waals surface area contributed by atoms with Crippen molar-refractivity contribution in [2.45, 2.75) is 26.2 Å². The van der Waals surface area contributed by atoms with Crippen molar-refractivity contribution >= 4 is 21.4 Å². The van der Waals surface area contributed by atoms with Gasteiger partial charge < -0.3 is 4.90 Å². The van der Waals surface area contributed by atoms with Crippen LogP contribution in [0, 0.1) is 0 Å². The van der Waals surface area contributed by atoms with Crippen molar-refractivity contribution in [3.05, 3.63) is 60.2 Å². The Morgan fingerprint density at radius 3 is 2.21 bits per heavy atom. The molecule has 4 nitrogen and oxygen atoms in total. The van der Waals surface area contributed by atoms with Gasteiger partial charge in [0.05, 0.1) is 6.26 Å². The number of para-hydroxylation sites is 1. The molecule has 0 saturated carbocycles. The molecule has 0 unspecified atom stereocenters. The van der Waals surface area contributed by atoms with Crippen LogP contribution in [0.15, 0.2) is 54.6 Å². The Hall–Kier alpha value is -2.01. The molecular formula is C19H26N2O2S. The van der Waals surface area contributed by atoms with E-state index in [2.05, 4.69) is 40.8 Å². The fourth-order valence-electron chi connectivity index (χ4n) is 2.69. The van der Waals surface area contributed by atoms with Crippen LogP contribution >= 0.6 is 0 Å². The lowest BCUT2D eigenvalue weighted by molar-refractivity contribution is 0.607. The third-order valence-electron chi connectivity index (χ3n) is 3.90. The van der Waals surface area contributed by atoms with E-state index in [1.54, 1.807) is 0 Å². The van der Waals surface area contributed by atoms with Crippen molar-refractivity contribution in [3.63, 3.8) is 0 Å². The van der Waals surface area contributed by atoms with Gasteiger partial charge in [0.15, 0.2) is 0 Å². The first-order valence-electron chi connectivity index (χ1n) is 8.34. The minimum atomic E-state index is -3.21. The first-order chi connectivity index (χ1) is 11.5. The van der Waals surface area contributed by atoms with Crippen LogP contribution in [0.3, 0.4) is 0 Å². The van der Waals surface area contributed by atoms with Gasteiger partial charge in [-0.25, -0.2) is 8.42 Å². The standard InChI is InChI=1S/C19H26N2O2S/c1-3-21(19-10-5-4-6-11-19)16-8-7-9-17-12-14-18(15-13-17)20-24(2,22)23/h4-6,10-15,20H,3,7-9,16H2,1-2H3. The summed E-state index contributed by atoms with van der Waals surface area (Å²) in [6.07, 6.45) is 4.41. The summed E-state index contributed by atoms with van der Waals surface area (Å²) >= 11 is 0. The molecule has 5 heteroatoms. The van der Waals surface area contributed by atoms with Crippen LogP contribution in [-0.4, -0.2) is 27.8 Å². The number of aryl methyl sites for hydroxylation is 1. The molecule has 0 aliphatic carbocycles. The molecule has 0 fully saturated rings. The maximum absolute atomic E-state index is 11.2. The molecule has 0 heterocycles. The maximum atomic E-state index is 11.2. The van der Waals surface area contributed by atoms with Crippen LogP contribution in [0.5, 0.6) is 0 Å². The molecule has 0 spiro atoms. The van der Waals surface area contributed by atoms with Crippen LogP contribution in [0.25, 0.3) is 0 Å². The predicted octanol–water partition coefficient (Wildman–Crippen LogP) is 3.91. The molecule has 0 bridgehead atoms. The molecule has 0 radical (unpaired) electrons. The summed E-state index contributed by atoms with van der Waals surface area (Å²) in [5, 5.41) is 0. The zero-order valence-corrected chi connectivity index (χ0v) is 15.2. The monoisotopic (exact) mass is 346 g/mol. The van der Waals surface area contributed by atoms with E-state index in [1.165, 1.54) is 11.3 Å². The number of sulfonamides is 1. The predicted molar refractivity (Wildman–Crippen MR) is 102 cm³/mol. The Balaban J connectivity index is 1.77. The fourth-order valence-corrected chi connectivity index (χ4v) is 3.26. The molecule has 0 atom stereocenters. The highest BCUT2D eigenvalue weighted by Gasteiger charge is 2.04. The first kappa shape index (κ1) is 18.3. The maximum Gasteiger partial charge on any atom is 0.229 e. The number of rotatable bonds is 9. The van der Waals surface area contributed by atoms with Gasteiger partial charge in [-0.2, -0.15) is 0 Å². The summed E-state index contributed by atoms with van der Waals surface area (Å²) in [5.74, 6) is 0. The number of benzene rings is 2. The summed E-state index contributed by atoms with van der Waals surface area (Å²) < 4.78 is 24.9. The van der Waals surface area contributed by atoms with Crippen molar-refractivity contribution in [2.75, 3.05) is 29.0 Å². The first-order valence-corrected chi connectivity index (χ1v) is 10.2. The number of nitrogens with one attached hydrogen (secondary N) is 1. The summed E-state index contributed by atoms with van der Waals surface area (Å²) in [5.41, 5.74) is 3.12. The topological polar surface area (TPSA) is 49.4 Å². The average Bonchev–Trinajstić information content (AvgIpc) is 2.56. The van der Waals surface area contributed by atoms with E-state index in [0.29, 0.717) is 5.69 Å².